The summed E-state index contributed by atoms with van der Waals surface area (Å²) >= 11 is 0. The highest BCUT2D eigenvalue weighted by Crippen LogP contribution is 2.34. The smallest absolute Gasteiger partial charge is 0.121 e. The molecule has 2 aliphatic heterocycles. The van der Waals surface area contributed by atoms with Gasteiger partial charge in [0.1, 0.15) is 5.76 Å². The van der Waals surface area contributed by atoms with E-state index in [1.165, 1.54) is 0 Å². The van der Waals surface area contributed by atoms with Crippen LogP contribution in [0.1, 0.15) is 17.5 Å². The lowest BCUT2D eigenvalue weighted by molar-refractivity contribution is 0.389. The maximum atomic E-state index is 9.90. The number of hydrogen-bond acceptors (Lipinski definition) is 2. The topological polar surface area (TPSA) is 23.5 Å². The number of aliphatic hydroxyl groups excluding tert-OH is 1. The molecular weight excluding hydrogens is 186 g/mol. The summed E-state index contributed by atoms with van der Waals surface area (Å²) in [5.41, 5.74) is 3.17. The molecule has 2 heteroatoms. The normalized spacial score (nSPS) is 17.7. The number of fused-ring (bicyclic) bond motifs is 3. The van der Waals surface area contributed by atoms with Gasteiger partial charge in [0.2, 0.25) is 0 Å². The van der Waals surface area contributed by atoms with Gasteiger partial charge in [0.05, 0.1) is 5.70 Å². The van der Waals surface area contributed by atoms with Crippen molar-refractivity contribution in [1.82, 2.24) is 4.90 Å². The van der Waals surface area contributed by atoms with Gasteiger partial charge in [-0.15, -0.1) is 0 Å². The zero-order valence-corrected chi connectivity index (χ0v) is 8.22. The number of benzene rings is 1. The molecule has 0 aromatic heterocycles. The van der Waals surface area contributed by atoms with Gasteiger partial charge >= 0.3 is 0 Å². The van der Waals surface area contributed by atoms with Crippen LogP contribution in [0.4, 0.5) is 0 Å². The van der Waals surface area contributed by atoms with E-state index in [1.54, 1.807) is 0 Å². The average Bonchev–Trinajstić information content (AvgIpc) is 2.29. The molecule has 2 heterocycles. The van der Waals surface area contributed by atoms with Crippen molar-refractivity contribution in [3.05, 3.63) is 59.6 Å². The highest BCUT2D eigenvalue weighted by atomic mass is 16.3. The van der Waals surface area contributed by atoms with Crippen LogP contribution in [-0.2, 0) is 0 Å². The van der Waals surface area contributed by atoms with Crippen LogP contribution in [0.25, 0.3) is 11.8 Å². The molecule has 1 N–H and O–H groups in total. The van der Waals surface area contributed by atoms with Crippen LogP contribution in [0, 0.1) is 0 Å². The summed E-state index contributed by atoms with van der Waals surface area (Å²) < 4.78 is 0. The van der Waals surface area contributed by atoms with Crippen molar-refractivity contribution in [2.24, 2.45) is 0 Å². The van der Waals surface area contributed by atoms with Crippen molar-refractivity contribution in [2.75, 3.05) is 0 Å². The van der Waals surface area contributed by atoms with Crippen molar-refractivity contribution in [3.63, 3.8) is 0 Å². The maximum Gasteiger partial charge on any atom is 0.121 e. The second kappa shape index (κ2) is 3.02. The Balaban J connectivity index is 2.25. The van der Waals surface area contributed by atoms with E-state index in [2.05, 4.69) is 12.1 Å². The molecule has 0 spiro atoms. The van der Waals surface area contributed by atoms with Gasteiger partial charge in [-0.25, -0.2) is 0 Å². The minimum Gasteiger partial charge on any atom is -0.510 e. The van der Waals surface area contributed by atoms with Crippen molar-refractivity contribution in [3.8, 4) is 0 Å². The van der Waals surface area contributed by atoms with E-state index in [0.29, 0.717) is 12.2 Å². The van der Waals surface area contributed by atoms with Gasteiger partial charge in [0, 0.05) is 24.4 Å². The van der Waals surface area contributed by atoms with Crippen LogP contribution in [0.3, 0.4) is 0 Å². The summed E-state index contributed by atoms with van der Waals surface area (Å²) in [6, 6.07) is 8.10. The summed E-state index contributed by atoms with van der Waals surface area (Å²) in [6.45, 7) is 0. The highest BCUT2D eigenvalue weighted by Gasteiger charge is 2.20. The van der Waals surface area contributed by atoms with E-state index in [4.69, 9.17) is 0 Å². The average molecular weight is 197 g/mol. The van der Waals surface area contributed by atoms with Crippen molar-refractivity contribution in [1.29, 1.82) is 0 Å². The lowest BCUT2D eigenvalue weighted by Gasteiger charge is -2.28. The Morgan fingerprint density at radius 1 is 1.13 bits per heavy atom. The molecule has 0 aliphatic carbocycles. The van der Waals surface area contributed by atoms with Gasteiger partial charge in [-0.1, -0.05) is 30.3 Å². The lowest BCUT2D eigenvalue weighted by Crippen LogP contribution is -2.17. The lowest BCUT2D eigenvalue weighted by atomic mass is 9.98. The Kier molecular flexibility index (Phi) is 1.68. The summed E-state index contributed by atoms with van der Waals surface area (Å²) in [4.78, 5) is 1.96. The molecule has 0 saturated heterocycles. The zero-order chi connectivity index (χ0) is 10.3. The van der Waals surface area contributed by atoms with Crippen molar-refractivity contribution in [2.45, 2.75) is 6.42 Å². The maximum absolute atomic E-state index is 9.90. The van der Waals surface area contributed by atoms with Crippen molar-refractivity contribution < 1.29 is 5.11 Å². The van der Waals surface area contributed by atoms with Crippen LogP contribution in [0.15, 0.2) is 48.5 Å². The predicted octanol–water partition coefficient (Wildman–Crippen LogP) is 3.12. The first kappa shape index (κ1) is 8.36. The van der Waals surface area contributed by atoms with E-state index >= 15 is 0 Å². The largest absolute Gasteiger partial charge is 0.510 e. The molecule has 74 valence electrons. The Bertz CT molecular complexity index is 497. The number of hydrogen-bond donors (Lipinski definition) is 1. The molecule has 1 aromatic carbocycles. The Morgan fingerprint density at radius 3 is 2.93 bits per heavy atom. The molecule has 0 radical (unpaired) electrons. The third-order valence-corrected chi connectivity index (χ3v) is 2.74. The summed E-state index contributed by atoms with van der Waals surface area (Å²) in [6.07, 6.45) is 8.60. The first-order valence-corrected chi connectivity index (χ1v) is 5.01. The quantitative estimate of drug-likeness (QED) is 0.690. The number of aliphatic hydroxyl groups is 1. The first-order chi connectivity index (χ1) is 7.36. The van der Waals surface area contributed by atoms with E-state index < -0.39 is 0 Å². The number of allylic oxidation sites excluding steroid dienone is 1. The third-order valence-electron chi connectivity index (χ3n) is 2.74. The van der Waals surface area contributed by atoms with Crippen LogP contribution in [0.5, 0.6) is 0 Å². The SMILES string of the molecule is OC1=C2c3ccccc3C=CN2C=CC1. The van der Waals surface area contributed by atoms with E-state index in [-0.39, 0.29) is 0 Å². The molecule has 1 aromatic rings. The molecule has 0 unspecified atom stereocenters. The fourth-order valence-electron chi connectivity index (χ4n) is 2.04. The molecule has 0 atom stereocenters. The van der Waals surface area contributed by atoms with Crippen LogP contribution in [0.2, 0.25) is 0 Å². The summed E-state index contributed by atoms with van der Waals surface area (Å²) in [5.74, 6) is 0.439. The van der Waals surface area contributed by atoms with E-state index in [0.717, 1.165) is 16.8 Å². The molecule has 15 heavy (non-hydrogen) atoms. The molecule has 2 nitrogen and oxygen atoms in total. The Labute approximate surface area is 88.5 Å². The van der Waals surface area contributed by atoms with Gasteiger partial charge in [-0.05, 0) is 11.6 Å². The number of rotatable bonds is 0. The van der Waals surface area contributed by atoms with Crippen molar-refractivity contribution >= 4 is 11.8 Å². The van der Waals surface area contributed by atoms with Crippen LogP contribution < -0.4 is 0 Å². The van der Waals surface area contributed by atoms with Crippen LogP contribution in [-0.4, -0.2) is 10.0 Å². The standard InChI is InChI=1S/C13H11NO/c15-12-6-3-8-14-9-7-10-4-1-2-5-11(10)13(12)14/h1-5,7-9,15H,6H2. The second-order valence-electron chi connectivity index (χ2n) is 3.69. The first-order valence-electron chi connectivity index (χ1n) is 5.01. The van der Waals surface area contributed by atoms with Gasteiger partial charge in [0.25, 0.3) is 0 Å². The van der Waals surface area contributed by atoms with E-state index in [1.807, 2.05) is 41.6 Å². The van der Waals surface area contributed by atoms with Crippen LogP contribution >= 0.6 is 0 Å². The van der Waals surface area contributed by atoms with Gasteiger partial charge in [-0.3, -0.25) is 0 Å². The molecule has 0 fully saturated rings. The zero-order valence-electron chi connectivity index (χ0n) is 8.22. The summed E-state index contributed by atoms with van der Waals surface area (Å²) in [7, 11) is 0. The fourth-order valence-corrected chi connectivity index (χ4v) is 2.04. The minimum absolute atomic E-state index is 0.439. The molecule has 0 bridgehead atoms. The molecular formula is C13H11NO. The Hall–Kier alpha value is -1.96. The number of nitrogens with zero attached hydrogens (tertiary/aromatic N) is 1. The van der Waals surface area contributed by atoms with Gasteiger partial charge in [-0.2, -0.15) is 0 Å². The highest BCUT2D eigenvalue weighted by molar-refractivity contribution is 5.79. The molecule has 3 rings (SSSR count). The monoisotopic (exact) mass is 197 g/mol. The molecule has 0 saturated carbocycles. The summed E-state index contributed by atoms with van der Waals surface area (Å²) in [5, 5.41) is 9.90. The van der Waals surface area contributed by atoms with E-state index in [9.17, 15) is 5.11 Å². The Morgan fingerprint density at radius 2 is 2.00 bits per heavy atom. The predicted molar refractivity (Wildman–Crippen MR) is 60.6 cm³/mol. The molecule has 0 amide bonds. The third kappa shape index (κ3) is 1.18. The van der Waals surface area contributed by atoms with Gasteiger partial charge in [0.15, 0.2) is 0 Å². The minimum atomic E-state index is 0.439. The fraction of sp³-hybridized carbons (Fsp3) is 0.0769. The molecule has 2 aliphatic rings. The van der Waals surface area contributed by atoms with Gasteiger partial charge < -0.3 is 10.0 Å². The second-order valence-corrected chi connectivity index (χ2v) is 3.69.